The number of alkyl halides is 2. The minimum Gasteiger partial charge on any atom is -0.207 e. The molecular weight excluding hydrogens is 278 g/mol. The number of hydrogen-bond acceptors (Lipinski definition) is 0. The van der Waals surface area contributed by atoms with Crippen molar-refractivity contribution in [2.24, 2.45) is 22.7 Å². The van der Waals surface area contributed by atoms with Gasteiger partial charge in [-0.15, -0.1) is 0 Å². The van der Waals surface area contributed by atoms with Crippen LogP contribution in [-0.4, -0.2) is 5.92 Å². The maximum Gasteiger partial charge on any atom is 0.251 e. The van der Waals surface area contributed by atoms with Crippen molar-refractivity contribution in [3.8, 4) is 0 Å². The summed E-state index contributed by atoms with van der Waals surface area (Å²) in [7, 11) is 0. The van der Waals surface area contributed by atoms with E-state index in [0.29, 0.717) is 11.3 Å². The summed E-state index contributed by atoms with van der Waals surface area (Å²) in [4.78, 5) is 0. The number of unbranched alkanes of at least 4 members (excludes halogenated alkanes) is 1. The number of rotatable bonds is 5. The predicted molar refractivity (Wildman–Crippen MR) is 88.2 cm³/mol. The van der Waals surface area contributed by atoms with Crippen LogP contribution in [0.25, 0.3) is 0 Å². The SMILES string of the molecule is CCCCC1CCC(C23CCC(CC)(CC2)CC3)CC1(F)F. The molecule has 4 aliphatic carbocycles. The molecule has 22 heavy (non-hydrogen) atoms. The lowest BCUT2D eigenvalue weighted by Gasteiger charge is -2.58. The summed E-state index contributed by atoms with van der Waals surface area (Å²) in [6.45, 7) is 4.43. The van der Waals surface area contributed by atoms with Gasteiger partial charge in [0.25, 0.3) is 5.92 Å². The lowest BCUT2D eigenvalue weighted by molar-refractivity contribution is -0.147. The standard InChI is InChI=1S/C20H34F2/c1-3-5-6-16-7-8-17(15-20(16,21)22)19-12-9-18(4-2,10-13-19)11-14-19/h16-17H,3-15H2,1-2H3. The summed E-state index contributed by atoms with van der Waals surface area (Å²) in [6, 6.07) is 0. The van der Waals surface area contributed by atoms with Crippen LogP contribution < -0.4 is 0 Å². The molecule has 2 heteroatoms. The zero-order chi connectivity index (χ0) is 15.8. The zero-order valence-electron chi connectivity index (χ0n) is 14.6. The molecule has 4 fully saturated rings. The summed E-state index contributed by atoms with van der Waals surface area (Å²) in [5.41, 5.74) is 0.874. The van der Waals surface area contributed by atoms with Crippen molar-refractivity contribution in [3.63, 3.8) is 0 Å². The quantitative estimate of drug-likeness (QED) is 0.513. The van der Waals surface area contributed by atoms with E-state index in [1.54, 1.807) is 0 Å². The first-order valence-electron chi connectivity index (χ1n) is 9.83. The lowest BCUT2D eigenvalue weighted by atomic mass is 9.47. The predicted octanol–water partition coefficient (Wildman–Crippen LogP) is 6.98. The molecule has 2 bridgehead atoms. The molecule has 4 saturated carbocycles. The summed E-state index contributed by atoms with van der Waals surface area (Å²) in [5, 5.41) is 0. The first-order valence-corrected chi connectivity index (χ1v) is 9.83. The van der Waals surface area contributed by atoms with Gasteiger partial charge in [-0.2, -0.15) is 0 Å². The van der Waals surface area contributed by atoms with E-state index in [0.717, 1.165) is 32.1 Å². The summed E-state index contributed by atoms with van der Waals surface area (Å²) in [6.07, 6.45) is 13.7. The minimum atomic E-state index is -2.40. The molecule has 0 saturated heterocycles. The van der Waals surface area contributed by atoms with Crippen LogP contribution in [0.2, 0.25) is 0 Å². The number of hydrogen-bond donors (Lipinski definition) is 0. The Labute approximate surface area is 135 Å². The smallest absolute Gasteiger partial charge is 0.207 e. The van der Waals surface area contributed by atoms with Gasteiger partial charge in [-0.25, -0.2) is 8.78 Å². The average Bonchev–Trinajstić information content (AvgIpc) is 2.55. The summed E-state index contributed by atoms with van der Waals surface area (Å²) < 4.78 is 29.3. The van der Waals surface area contributed by atoms with E-state index in [-0.39, 0.29) is 17.8 Å². The van der Waals surface area contributed by atoms with Crippen molar-refractivity contribution in [3.05, 3.63) is 0 Å². The Morgan fingerprint density at radius 3 is 2.05 bits per heavy atom. The molecule has 0 N–H and O–H groups in total. The first-order chi connectivity index (χ1) is 10.5. The molecule has 2 atom stereocenters. The second kappa shape index (κ2) is 6.06. The topological polar surface area (TPSA) is 0 Å². The van der Waals surface area contributed by atoms with Gasteiger partial charge in [0.2, 0.25) is 0 Å². The first kappa shape index (κ1) is 16.7. The molecule has 0 aromatic heterocycles. The van der Waals surface area contributed by atoms with E-state index >= 15 is 0 Å². The van der Waals surface area contributed by atoms with E-state index in [1.807, 2.05) is 0 Å². The minimum absolute atomic E-state index is 0.195. The maximum atomic E-state index is 14.7. The third-order valence-corrected chi connectivity index (χ3v) is 7.96. The van der Waals surface area contributed by atoms with Crippen LogP contribution in [0.4, 0.5) is 8.78 Å². The van der Waals surface area contributed by atoms with Crippen molar-refractivity contribution in [2.45, 2.75) is 103 Å². The van der Waals surface area contributed by atoms with E-state index < -0.39 is 5.92 Å². The van der Waals surface area contributed by atoms with Gasteiger partial charge >= 0.3 is 0 Å². The van der Waals surface area contributed by atoms with Crippen molar-refractivity contribution in [1.82, 2.24) is 0 Å². The van der Waals surface area contributed by atoms with Gasteiger partial charge in [-0.3, -0.25) is 0 Å². The zero-order valence-corrected chi connectivity index (χ0v) is 14.6. The van der Waals surface area contributed by atoms with Gasteiger partial charge < -0.3 is 0 Å². The van der Waals surface area contributed by atoms with Gasteiger partial charge in [0, 0.05) is 12.3 Å². The van der Waals surface area contributed by atoms with E-state index in [9.17, 15) is 8.78 Å². The fourth-order valence-electron chi connectivity index (χ4n) is 5.97. The maximum absolute atomic E-state index is 14.7. The normalized spacial score (nSPS) is 44.2. The Morgan fingerprint density at radius 1 is 0.909 bits per heavy atom. The van der Waals surface area contributed by atoms with Gasteiger partial charge in [0.15, 0.2) is 0 Å². The van der Waals surface area contributed by atoms with Crippen LogP contribution in [0.15, 0.2) is 0 Å². The second-order valence-electron chi connectivity index (χ2n) is 8.79. The highest BCUT2D eigenvalue weighted by atomic mass is 19.3. The van der Waals surface area contributed by atoms with Crippen LogP contribution >= 0.6 is 0 Å². The fourth-order valence-corrected chi connectivity index (χ4v) is 5.97. The van der Waals surface area contributed by atoms with E-state index in [1.165, 1.54) is 44.9 Å². The third-order valence-electron chi connectivity index (χ3n) is 7.96. The van der Waals surface area contributed by atoms with Crippen molar-refractivity contribution in [1.29, 1.82) is 0 Å². The molecule has 4 rings (SSSR count). The molecule has 0 aliphatic heterocycles. The molecule has 0 aromatic rings. The molecule has 0 heterocycles. The van der Waals surface area contributed by atoms with Gasteiger partial charge in [0.1, 0.15) is 0 Å². The van der Waals surface area contributed by atoms with Crippen molar-refractivity contribution < 1.29 is 8.78 Å². The number of fused-ring (bicyclic) bond motifs is 3. The molecule has 0 radical (unpaired) electrons. The van der Waals surface area contributed by atoms with Crippen molar-refractivity contribution >= 4 is 0 Å². The Bertz CT molecular complexity index is 363. The van der Waals surface area contributed by atoms with Gasteiger partial charge in [0.05, 0.1) is 0 Å². The summed E-state index contributed by atoms with van der Waals surface area (Å²) >= 11 is 0. The molecular formula is C20H34F2. The molecule has 0 aromatic carbocycles. The number of halogens is 2. The Morgan fingerprint density at radius 2 is 1.55 bits per heavy atom. The van der Waals surface area contributed by atoms with E-state index in [4.69, 9.17) is 0 Å². The van der Waals surface area contributed by atoms with Crippen LogP contribution in [0.1, 0.15) is 97.3 Å². The molecule has 0 amide bonds. The molecule has 4 aliphatic rings. The highest BCUT2D eigenvalue weighted by molar-refractivity contribution is 5.04. The molecule has 0 spiro atoms. The monoisotopic (exact) mass is 312 g/mol. The average molecular weight is 312 g/mol. The summed E-state index contributed by atoms with van der Waals surface area (Å²) in [5.74, 6) is -2.43. The molecule has 128 valence electrons. The molecule has 2 unspecified atom stereocenters. The van der Waals surface area contributed by atoms with Gasteiger partial charge in [-0.05, 0) is 74.5 Å². The van der Waals surface area contributed by atoms with Crippen LogP contribution in [-0.2, 0) is 0 Å². The van der Waals surface area contributed by atoms with Gasteiger partial charge in [-0.1, -0.05) is 33.1 Å². The Hall–Kier alpha value is -0.140. The Balaban J connectivity index is 1.65. The largest absolute Gasteiger partial charge is 0.251 e. The van der Waals surface area contributed by atoms with Crippen molar-refractivity contribution in [2.75, 3.05) is 0 Å². The van der Waals surface area contributed by atoms with Crippen LogP contribution in [0, 0.1) is 22.7 Å². The highest BCUT2D eigenvalue weighted by Gasteiger charge is 2.55. The third kappa shape index (κ3) is 2.84. The molecule has 0 nitrogen and oxygen atoms in total. The lowest BCUT2D eigenvalue weighted by Crippen LogP contribution is -2.49. The van der Waals surface area contributed by atoms with Crippen LogP contribution in [0.3, 0.4) is 0 Å². The Kier molecular flexibility index (Phi) is 4.60. The fraction of sp³-hybridized carbons (Fsp3) is 1.00. The van der Waals surface area contributed by atoms with Crippen LogP contribution in [0.5, 0.6) is 0 Å². The second-order valence-corrected chi connectivity index (χ2v) is 8.79. The highest BCUT2D eigenvalue weighted by Crippen LogP contribution is 2.64. The van der Waals surface area contributed by atoms with E-state index in [2.05, 4.69) is 13.8 Å².